The lowest BCUT2D eigenvalue weighted by atomic mass is 9.96. The first kappa shape index (κ1) is 14.4. The SMILES string of the molecule is C#Cc1cc2oc(=O)c3c(O)c4cccc(O)c4c4oc(=O)c(c1)c2c34. The summed E-state index contributed by atoms with van der Waals surface area (Å²) in [6.07, 6.45) is 5.40. The monoisotopic (exact) mass is 344 g/mol. The smallest absolute Gasteiger partial charge is 0.348 e. The van der Waals surface area contributed by atoms with Crippen molar-refractivity contribution in [1.29, 1.82) is 0 Å². The molecule has 0 saturated heterocycles. The Labute approximate surface area is 143 Å². The number of rotatable bonds is 0. The third-order valence-electron chi connectivity index (χ3n) is 4.58. The van der Waals surface area contributed by atoms with Crippen molar-refractivity contribution in [2.24, 2.45) is 0 Å². The number of hydrogen-bond donors (Lipinski definition) is 2. The predicted molar refractivity (Wildman–Crippen MR) is 96.0 cm³/mol. The molecular formula is C20H8O6. The van der Waals surface area contributed by atoms with E-state index in [2.05, 4.69) is 5.92 Å². The molecule has 0 bridgehead atoms. The Kier molecular flexibility index (Phi) is 2.52. The molecule has 0 atom stereocenters. The van der Waals surface area contributed by atoms with Gasteiger partial charge < -0.3 is 19.0 Å². The Hall–Kier alpha value is -3.98. The van der Waals surface area contributed by atoms with Gasteiger partial charge in [-0.15, -0.1) is 6.42 Å². The normalized spacial score (nSPS) is 11.7. The maximum Gasteiger partial charge on any atom is 0.348 e. The third-order valence-corrected chi connectivity index (χ3v) is 4.58. The van der Waals surface area contributed by atoms with Crippen LogP contribution in [0.5, 0.6) is 11.5 Å². The second kappa shape index (κ2) is 4.55. The Morgan fingerprint density at radius 1 is 0.885 bits per heavy atom. The molecule has 2 N–H and O–H groups in total. The van der Waals surface area contributed by atoms with Gasteiger partial charge in [0.15, 0.2) is 5.58 Å². The molecule has 0 fully saturated rings. The van der Waals surface area contributed by atoms with Gasteiger partial charge in [-0.2, -0.15) is 0 Å². The Balaban J connectivity index is 2.30. The van der Waals surface area contributed by atoms with Gasteiger partial charge in [-0.25, -0.2) is 9.59 Å². The van der Waals surface area contributed by atoms with Crippen LogP contribution in [0.4, 0.5) is 0 Å². The van der Waals surface area contributed by atoms with Crippen LogP contribution in [-0.4, -0.2) is 10.2 Å². The minimum atomic E-state index is -0.797. The number of phenolic OH excluding ortho intramolecular Hbond substituents is 2. The molecule has 0 amide bonds. The van der Waals surface area contributed by atoms with E-state index < -0.39 is 11.3 Å². The minimum Gasteiger partial charge on any atom is -0.507 e. The average Bonchev–Trinajstić information content (AvgIpc) is 2.62. The summed E-state index contributed by atoms with van der Waals surface area (Å²) < 4.78 is 10.8. The van der Waals surface area contributed by atoms with Crippen molar-refractivity contribution < 1.29 is 19.0 Å². The summed E-state index contributed by atoms with van der Waals surface area (Å²) in [5.41, 5.74) is -1.02. The lowest BCUT2D eigenvalue weighted by Gasteiger charge is -2.12. The largest absolute Gasteiger partial charge is 0.507 e. The van der Waals surface area contributed by atoms with Crippen LogP contribution in [0, 0.1) is 12.3 Å². The Morgan fingerprint density at radius 2 is 1.69 bits per heavy atom. The highest BCUT2D eigenvalue weighted by molar-refractivity contribution is 6.28. The highest BCUT2D eigenvalue weighted by atomic mass is 16.4. The standard InChI is InChI=1S/C20H8O6/c1-2-8-6-10-14-12(7-8)25-20(24)16-15(14)18(26-19(10)23)13-9(17(16)22)4-3-5-11(13)21/h1,3-7,21-22H. The van der Waals surface area contributed by atoms with Crippen LogP contribution in [0.15, 0.2) is 48.8 Å². The third kappa shape index (κ3) is 1.57. The number of aromatic hydroxyl groups is 2. The summed E-state index contributed by atoms with van der Waals surface area (Å²) in [4.78, 5) is 25.1. The number of benzene rings is 3. The van der Waals surface area contributed by atoms with Gasteiger partial charge in [0.2, 0.25) is 0 Å². The summed E-state index contributed by atoms with van der Waals surface area (Å²) in [6, 6.07) is 7.34. The molecule has 5 rings (SSSR count). The molecule has 0 saturated carbocycles. The van der Waals surface area contributed by atoms with Crippen molar-refractivity contribution >= 4 is 43.5 Å². The van der Waals surface area contributed by atoms with E-state index >= 15 is 0 Å². The van der Waals surface area contributed by atoms with Crippen molar-refractivity contribution in [3.63, 3.8) is 0 Å². The molecule has 5 aromatic rings. The van der Waals surface area contributed by atoms with E-state index in [1.165, 1.54) is 30.3 Å². The number of hydrogen-bond acceptors (Lipinski definition) is 6. The summed E-state index contributed by atoms with van der Waals surface area (Å²) in [7, 11) is 0. The van der Waals surface area contributed by atoms with Crippen molar-refractivity contribution in [2.45, 2.75) is 0 Å². The van der Waals surface area contributed by atoms with Crippen molar-refractivity contribution in [3.8, 4) is 23.8 Å². The van der Waals surface area contributed by atoms with Crippen molar-refractivity contribution in [2.75, 3.05) is 0 Å². The van der Waals surface area contributed by atoms with Crippen LogP contribution >= 0.6 is 0 Å². The van der Waals surface area contributed by atoms with Gasteiger partial charge in [-0.1, -0.05) is 18.1 Å². The molecule has 2 aromatic heterocycles. The van der Waals surface area contributed by atoms with Gasteiger partial charge in [-0.05, 0) is 18.2 Å². The fourth-order valence-electron chi connectivity index (χ4n) is 3.50. The van der Waals surface area contributed by atoms with E-state index in [0.717, 1.165) is 0 Å². The van der Waals surface area contributed by atoms with E-state index in [1.54, 1.807) is 0 Å². The topological polar surface area (TPSA) is 101 Å². The van der Waals surface area contributed by atoms with Gasteiger partial charge in [0.1, 0.15) is 22.5 Å². The molecule has 0 aliphatic carbocycles. The molecule has 0 aliphatic heterocycles. The van der Waals surface area contributed by atoms with Gasteiger partial charge in [0.25, 0.3) is 0 Å². The van der Waals surface area contributed by atoms with Gasteiger partial charge >= 0.3 is 11.3 Å². The van der Waals surface area contributed by atoms with Crippen molar-refractivity contribution in [3.05, 3.63) is 56.7 Å². The van der Waals surface area contributed by atoms with E-state index in [0.29, 0.717) is 10.9 Å². The van der Waals surface area contributed by atoms with E-state index in [1.807, 2.05) is 0 Å². The second-order valence-electron chi connectivity index (χ2n) is 5.95. The second-order valence-corrected chi connectivity index (χ2v) is 5.95. The molecule has 26 heavy (non-hydrogen) atoms. The zero-order valence-corrected chi connectivity index (χ0v) is 13.0. The Bertz CT molecular complexity index is 1550. The summed E-state index contributed by atoms with van der Waals surface area (Å²) in [5, 5.41) is 21.8. The van der Waals surface area contributed by atoms with Crippen LogP contribution < -0.4 is 11.3 Å². The molecule has 3 aromatic carbocycles. The highest BCUT2D eigenvalue weighted by Gasteiger charge is 2.24. The summed E-state index contributed by atoms with van der Waals surface area (Å²) >= 11 is 0. The van der Waals surface area contributed by atoms with Gasteiger partial charge in [-0.3, -0.25) is 0 Å². The molecule has 0 aliphatic rings. The molecule has 0 radical (unpaired) electrons. The van der Waals surface area contributed by atoms with E-state index in [4.69, 9.17) is 15.3 Å². The number of terminal acetylenes is 1. The van der Waals surface area contributed by atoms with Gasteiger partial charge in [0.05, 0.1) is 10.8 Å². The van der Waals surface area contributed by atoms with Crippen LogP contribution in [0.3, 0.4) is 0 Å². The van der Waals surface area contributed by atoms with Crippen LogP contribution in [-0.2, 0) is 0 Å². The lowest BCUT2D eigenvalue weighted by molar-refractivity contribution is 0.475. The number of fused-ring (bicyclic) bond motifs is 2. The first-order chi connectivity index (χ1) is 12.5. The highest BCUT2D eigenvalue weighted by Crippen LogP contribution is 2.43. The zero-order chi connectivity index (χ0) is 18.2. The number of phenols is 2. The summed E-state index contributed by atoms with van der Waals surface area (Å²) in [5.74, 6) is 1.85. The van der Waals surface area contributed by atoms with Gasteiger partial charge in [0, 0.05) is 21.7 Å². The summed E-state index contributed by atoms with van der Waals surface area (Å²) in [6.45, 7) is 0. The molecular weight excluding hydrogens is 336 g/mol. The average molecular weight is 344 g/mol. The quantitative estimate of drug-likeness (QED) is 0.194. The maximum atomic E-state index is 12.6. The predicted octanol–water partition coefficient (Wildman–Crippen LogP) is 3.04. The fraction of sp³-hybridized carbons (Fsp3) is 0. The van der Waals surface area contributed by atoms with Crippen molar-refractivity contribution in [1.82, 2.24) is 0 Å². The maximum absolute atomic E-state index is 12.6. The molecule has 6 nitrogen and oxygen atoms in total. The minimum absolute atomic E-state index is 0.00903. The first-order valence-electron chi connectivity index (χ1n) is 7.61. The molecule has 6 heteroatoms. The van der Waals surface area contributed by atoms with E-state index in [-0.39, 0.29) is 49.6 Å². The zero-order valence-electron chi connectivity index (χ0n) is 13.0. The molecule has 124 valence electrons. The Morgan fingerprint density at radius 3 is 2.46 bits per heavy atom. The molecule has 2 heterocycles. The molecule has 0 unspecified atom stereocenters. The molecule has 0 spiro atoms. The van der Waals surface area contributed by atoms with E-state index in [9.17, 15) is 19.8 Å². The lowest BCUT2D eigenvalue weighted by Crippen LogP contribution is -2.07. The first-order valence-corrected chi connectivity index (χ1v) is 7.61. The van der Waals surface area contributed by atoms with Crippen LogP contribution in [0.25, 0.3) is 43.5 Å². The van der Waals surface area contributed by atoms with Crippen LogP contribution in [0.1, 0.15) is 5.56 Å². The fourth-order valence-corrected chi connectivity index (χ4v) is 3.50. The van der Waals surface area contributed by atoms with Crippen LogP contribution in [0.2, 0.25) is 0 Å².